The van der Waals surface area contributed by atoms with Crippen molar-refractivity contribution in [3.8, 4) is 5.75 Å². The summed E-state index contributed by atoms with van der Waals surface area (Å²) in [5, 5.41) is 27.5. The smallest absolute Gasteiger partial charge is 0.414 e. The predicted molar refractivity (Wildman–Crippen MR) is 76.8 cm³/mol. The number of aliphatic hydroxyl groups is 1. The summed E-state index contributed by atoms with van der Waals surface area (Å²) in [5.74, 6) is -2.84. The van der Waals surface area contributed by atoms with Crippen LogP contribution >= 0.6 is 11.6 Å². The fraction of sp³-hybridized carbons (Fsp3) is 0.385. The monoisotopic (exact) mass is 319 g/mol. The Morgan fingerprint density at radius 3 is 2.19 bits per heavy atom. The first-order chi connectivity index (χ1) is 9.82. The van der Waals surface area contributed by atoms with Crippen molar-refractivity contribution in [3.63, 3.8) is 0 Å². The first-order valence-corrected chi connectivity index (χ1v) is 6.44. The molecular formula is C13H18ClNO6. The minimum atomic E-state index is -1.82. The van der Waals surface area contributed by atoms with Gasteiger partial charge < -0.3 is 25.4 Å². The number of hydrogen-bond donors (Lipinski definition) is 4. The van der Waals surface area contributed by atoms with Crippen molar-refractivity contribution in [3.05, 3.63) is 29.3 Å². The zero-order chi connectivity index (χ0) is 16.3. The van der Waals surface area contributed by atoms with Gasteiger partial charge in [-0.05, 0) is 31.2 Å². The van der Waals surface area contributed by atoms with Gasteiger partial charge in [-0.15, -0.1) is 0 Å². The summed E-state index contributed by atoms with van der Waals surface area (Å²) in [5.41, 5.74) is 0. The third-order valence-electron chi connectivity index (χ3n) is 1.98. The summed E-state index contributed by atoms with van der Waals surface area (Å²) >= 11 is 5.73. The zero-order valence-electron chi connectivity index (χ0n) is 11.5. The molecule has 0 saturated heterocycles. The van der Waals surface area contributed by atoms with Crippen molar-refractivity contribution < 1.29 is 29.6 Å². The summed E-state index contributed by atoms with van der Waals surface area (Å²) in [6.07, 6.45) is -0.319. The lowest BCUT2D eigenvalue weighted by Crippen LogP contribution is -2.28. The van der Waals surface area contributed by atoms with Gasteiger partial charge in [0.1, 0.15) is 12.4 Å². The second kappa shape index (κ2) is 10.9. The van der Waals surface area contributed by atoms with E-state index in [0.717, 1.165) is 5.75 Å². The molecule has 4 N–H and O–H groups in total. The van der Waals surface area contributed by atoms with Crippen LogP contribution in [0.15, 0.2) is 24.3 Å². The summed E-state index contributed by atoms with van der Waals surface area (Å²) in [6, 6.07) is 7.24. The van der Waals surface area contributed by atoms with Crippen LogP contribution in [0.3, 0.4) is 0 Å². The average Bonchev–Trinajstić information content (AvgIpc) is 2.40. The first-order valence-electron chi connectivity index (χ1n) is 6.06. The molecule has 0 heterocycles. The van der Waals surface area contributed by atoms with E-state index in [0.29, 0.717) is 24.7 Å². The maximum atomic E-state index is 9.10. The van der Waals surface area contributed by atoms with Gasteiger partial charge >= 0.3 is 11.9 Å². The molecule has 0 amide bonds. The number of hydrogen-bond acceptors (Lipinski definition) is 5. The fourth-order valence-corrected chi connectivity index (χ4v) is 1.21. The Balaban J connectivity index is 0.000000567. The number of ether oxygens (including phenoxy) is 1. The van der Waals surface area contributed by atoms with Gasteiger partial charge in [-0.2, -0.15) is 0 Å². The van der Waals surface area contributed by atoms with E-state index in [1.807, 2.05) is 12.1 Å². The number of aliphatic carboxylic acids is 2. The van der Waals surface area contributed by atoms with Crippen LogP contribution in [-0.4, -0.2) is 53.1 Å². The number of carboxylic acids is 2. The van der Waals surface area contributed by atoms with Crippen LogP contribution in [0.4, 0.5) is 0 Å². The lowest BCUT2D eigenvalue weighted by atomic mass is 10.3. The van der Waals surface area contributed by atoms with Gasteiger partial charge in [-0.1, -0.05) is 11.6 Å². The molecule has 1 unspecified atom stereocenters. The molecule has 1 rings (SSSR count). The molecule has 0 aliphatic carbocycles. The number of benzene rings is 1. The van der Waals surface area contributed by atoms with Crippen molar-refractivity contribution in [1.82, 2.24) is 5.32 Å². The molecule has 1 atom stereocenters. The molecule has 0 radical (unpaired) electrons. The molecule has 7 nitrogen and oxygen atoms in total. The Kier molecular flexibility index (Phi) is 9.95. The Bertz CT molecular complexity index is 423. The topological polar surface area (TPSA) is 116 Å². The van der Waals surface area contributed by atoms with Crippen LogP contribution in [0.1, 0.15) is 6.92 Å². The van der Waals surface area contributed by atoms with E-state index >= 15 is 0 Å². The highest BCUT2D eigenvalue weighted by atomic mass is 35.5. The fourth-order valence-electron chi connectivity index (χ4n) is 1.08. The number of carbonyl (C=O) groups is 2. The van der Waals surface area contributed by atoms with Crippen LogP contribution in [0.2, 0.25) is 5.02 Å². The molecule has 0 spiro atoms. The summed E-state index contributed by atoms with van der Waals surface area (Å²) in [6.45, 7) is 3.62. The predicted octanol–water partition coefficient (Wildman–Crippen LogP) is 0.845. The van der Waals surface area contributed by atoms with Crippen molar-refractivity contribution in [1.29, 1.82) is 0 Å². The molecular weight excluding hydrogens is 302 g/mol. The van der Waals surface area contributed by atoms with E-state index in [1.54, 1.807) is 19.1 Å². The molecule has 8 heteroatoms. The Labute approximate surface area is 127 Å². The molecule has 0 aromatic heterocycles. The van der Waals surface area contributed by atoms with Crippen LogP contribution < -0.4 is 10.1 Å². The first kappa shape index (κ1) is 19.2. The Morgan fingerprint density at radius 1 is 1.24 bits per heavy atom. The van der Waals surface area contributed by atoms with Crippen molar-refractivity contribution in [2.45, 2.75) is 13.0 Å². The average molecular weight is 320 g/mol. The second-order valence-electron chi connectivity index (χ2n) is 3.97. The van der Waals surface area contributed by atoms with Gasteiger partial charge in [-0.3, -0.25) is 0 Å². The van der Waals surface area contributed by atoms with Gasteiger partial charge in [0.2, 0.25) is 0 Å². The van der Waals surface area contributed by atoms with E-state index in [-0.39, 0.29) is 6.10 Å². The summed E-state index contributed by atoms with van der Waals surface area (Å²) < 4.78 is 5.44. The number of aliphatic hydroxyl groups excluding tert-OH is 1. The largest absolute Gasteiger partial charge is 0.492 e. The molecule has 1 aromatic rings. The zero-order valence-corrected chi connectivity index (χ0v) is 12.2. The highest BCUT2D eigenvalue weighted by molar-refractivity contribution is 6.30. The maximum Gasteiger partial charge on any atom is 0.414 e. The Hall–Kier alpha value is -1.83. The highest BCUT2D eigenvalue weighted by Crippen LogP contribution is 2.14. The van der Waals surface area contributed by atoms with Gasteiger partial charge in [0, 0.05) is 18.1 Å². The maximum absolute atomic E-state index is 9.10. The molecule has 0 saturated carbocycles. The van der Waals surface area contributed by atoms with E-state index in [2.05, 4.69) is 5.32 Å². The standard InChI is InChI=1S/C11H16ClNO2.C2H2O4/c1-9(14)8-13-6-7-15-11-4-2-10(12)3-5-11;3-1(4)2(5)6/h2-5,9,13-14H,6-8H2,1H3;(H,3,4)(H,5,6). The molecule has 0 aliphatic rings. The van der Waals surface area contributed by atoms with Gasteiger partial charge in [0.25, 0.3) is 0 Å². The molecule has 118 valence electrons. The number of carboxylic acid groups (broad SMARTS) is 2. The highest BCUT2D eigenvalue weighted by Gasteiger charge is 2.04. The molecule has 0 bridgehead atoms. The quantitative estimate of drug-likeness (QED) is 0.453. The summed E-state index contributed by atoms with van der Waals surface area (Å²) in [7, 11) is 0. The van der Waals surface area contributed by atoms with Crippen molar-refractivity contribution >= 4 is 23.5 Å². The van der Waals surface area contributed by atoms with Gasteiger partial charge in [0.05, 0.1) is 6.10 Å². The molecule has 0 fully saturated rings. The third-order valence-corrected chi connectivity index (χ3v) is 2.24. The van der Waals surface area contributed by atoms with Gasteiger partial charge in [-0.25, -0.2) is 9.59 Å². The lowest BCUT2D eigenvalue weighted by molar-refractivity contribution is -0.159. The Morgan fingerprint density at radius 2 is 1.76 bits per heavy atom. The summed E-state index contributed by atoms with van der Waals surface area (Å²) in [4.78, 5) is 18.2. The van der Waals surface area contributed by atoms with Crippen molar-refractivity contribution in [2.75, 3.05) is 19.7 Å². The van der Waals surface area contributed by atoms with Crippen LogP contribution in [0, 0.1) is 0 Å². The molecule has 0 aliphatic heterocycles. The normalized spacial score (nSPS) is 11.0. The molecule has 1 aromatic carbocycles. The number of nitrogens with one attached hydrogen (secondary N) is 1. The van der Waals surface area contributed by atoms with E-state index in [4.69, 9.17) is 41.2 Å². The third kappa shape index (κ3) is 11.7. The SMILES string of the molecule is CC(O)CNCCOc1ccc(Cl)cc1.O=C(O)C(=O)O. The van der Waals surface area contributed by atoms with Crippen LogP contribution in [0.5, 0.6) is 5.75 Å². The van der Waals surface area contributed by atoms with E-state index < -0.39 is 11.9 Å². The minimum absolute atomic E-state index is 0.319. The van der Waals surface area contributed by atoms with E-state index in [1.165, 1.54) is 0 Å². The number of rotatable bonds is 6. The lowest BCUT2D eigenvalue weighted by Gasteiger charge is -2.08. The molecule has 21 heavy (non-hydrogen) atoms. The minimum Gasteiger partial charge on any atom is -0.492 e. The second-order valence-corrected chi connectivity index (χ2v) is 4.40. The van der Waals surface area contributed by atoms with Crippen LogP contribution in [-0.2, 0) is 9.59 Å². The number of halogens is 1. The van der Waals surface area contributed by atoms with E-state index in [9.17, 15) is 0 Å². The van der Waals surface area contributed by atoms with Crippen LogP contribution in [0.25, 0.3) is 0 Å². The van der Waals surface area contributed by atoms with Gasteiger partial charge in [0.15, 0.2) is 0 Å². The van der Waals surface area contributed by atoms with Crippen molar-refractivity contribution in [2.24, 2.45) is 0 Å².